The summed E-state index contributed by atoms with van der Waals surface area (Å²) >= 11 is 0. The minimum atomic E-state index is -0.382. The monoisotopic (exact) mass is 398 g/mol. The molecule has 0 saturated carbocycles. The van der Waals surface area contributed by atoms with Crippen molar-refractivity contribution in [2.45, 2.75) is 33.0 Å². The van der Waals surface area contributed by atoms with Gasteiger partial charge in [-0.05, 0) is 34.2 Å². The Kier molecular flexibility index (Phi) is 7.37. The number of esters is 1. The van der Waals surface area contributed by atoms with Crippen molar-refractivity contribution in [3.63, 3.8) is 0 Å². The van der Waals surface area contributed by atoms with Crippen LogP contribution in [0, 0.1) is 17.2 Å². The maximum Gasteiger partial charge on any atom is 0.323 e. The summed E-state index contributed by atoms with van der Waals surface area (Å²) in [6, 6.07) is 27.1. The second-order valence-electron chi connectivity index (χ2n) is 7.55. The molecule has 0 bridgehead atoms. The summed E-state index contributed by atoms with van der Waals surface area (Å²) < 4.78 is 5.51. The Bertz CT molecular complexity index is 1010. The second kappa shape index (κ2) is 10.4. The molecule has 0 aliphatic heterocycles. The number of ether oxygens (including phenoxy) is 1. The summed E-state index contributed by atoms with van der Waals surface area (Å²) in [7, 11) is 0. The summed E-state index contributed by atoms with van der Waals surface area (Å²) in [4.78, 5) is 12.6. The number of hydrogen-bond acceptors (Lipinski definition) is 4. The number of benzene rings is 3. The molecule has 0 aliphatic carbocycles. The molecule has 0 fully saturated rings. The minimum absolute atomic E-state index is 0.107. The predicted molar refractivity (Wildman–Crippen MR) is 118 cm³/mol. The second-order valence-corrected chi connectivity index (χ2v) is 7.55. The van der Waals surface area contributed by atoms with E-state index in [4.69, 9.17) is 4.74 Å². The summed E-state index contributed by atoms with van der Waals surface area (Å²) in [5.41, 5.74) is 4.61. The summed E-state index contributed by atoms with van der Waals surface area (Å²) in [6.07, 6.45) is 0. The Morgan fingerprint density at radius 1 is 0.933 bits per heavy atom. The van der Waals surface area contributed by atoms with E-state index in [0.29, 0.717) is 12.1 Å². The van der Waals surface area contributed by atoms with Crippen molar-refractivity contribution >= 4 is 5.97 Å². The molecular formula is C26H26N2O2. The van der Waals surface area contributed by atoms with E-state index in [2.05, 4.69) is 11.4 Å². The van der Waals surface area contributed by atoms with Crippen LogP contribution < -0.4 is 5.32 Å². The van der Waals surface area contributed by atoms with Gasteiger partial charge in [-0.2, -0.15) is 5.26 Å². The van der Waals surface area contributed by atoms with E-state index in [-0.39, 0.29) is 24.5 Å². The van der Waals surface area contributed by atoms with Crippen LogP contribution in [0.15, 0.2) is 78.9 Å². The highest BCUT2D eigenvalue weighted by Gasteiger charge is 2.23. The number of hydrogen-bond donors (Lipinski definition) is 1. The number of nitriles is 1. The molecule has 0 radical (unpaired) electrons. The molecule has 4 nitrogen and oxygen atoms in total. The Labute approximate surface area is 178 Å². The normalized spacial score (nSPS) is 11.7. The maximum atomic E-state index is 12.6. The van der Waals surface area contributed by atoms with E-state index in [9.17, 15) is 10.1 Å². The molecule has 3 rings (SSSR count). The van der Waals surface area contributed by atoms with Crippen LogP contribution in [0.3, 0.4) is 0 Å². The fraction of sp³-hybridized carbons (Fsp3) is 0.231. The average Bonchev–Trinajstić information content (AvgIpc) is 2.78. The lowest BCUT2D eigenvalue weighted by molar-refractivity contribution is -0.148. The first kappa shape index (κ1) is 21.3. The van der Waals surface area contributed by atoms with Gasteiger partial charge in [0.15, 0.2) is 0 Å². The first-order valence-electron chi connectivity index (χ1n) is 10.1. The minimum Gasteiger partial charge on any atom is -0.460 e. The van der Waals surface area contributed by atoms with E-state index in [0.717, 1.165) is 22.3 Å². The molecule has 1 N–H and O–H groups in total. The molecule has 0 aromatic heterocycles. The number of carbonyl (C=O) groups excluding carboxylic acids is 1. The van der Waals surface area contributed by atoms with Crippen molar-refractivity contribution in [1.29, 1.82) is 5.26 Å². The van der Waals surface area contributed by atoms with Crippen LogP contribution in [-0.4, -0.2) is 12.0 Å². The van der Waals surface area contributed by atoms with Crippen molar-refractivity contribution in [1.82, 2.24) is 5.32 Å². The molecule has 0 heterocycles. The number of nitrogens with one attached hydrogen (secondary N) is 1. The summed E-state index contributed by atoms with van der Waals surface area (Å²) in [6.45, 7) is 4.84. The molecule has 0 aliphatic rings. The van der Waals surface area contributed by atoms with Crippen molar-refractivity contribution in [2.75, 3.05) is 0 Å². The van der Waals surface area contributed by atoms with Gasteiger partial charge in [0, 0.05) is 6.54 Å². The third kappa shape index (κ3) is 5.56. The molecule has 152 valence electrons. The molecular weight excluding hydrogens is 372 g/mol. The van der Waals surface area contributed by atoms with E-state index in [1.807, 2.05) is 92.7 Å². The Balaban J connectivity index is 1.60. The molecule has 1 unspecified atom stereocenters. The van der Waals surface area contributed by atoms with Crippen molar-refractivity contribution < 1.29 is 9.53 Å². The van der Waals surface area contributed by atoms with Gasteiger partial charge in [0.2, 0.25) is 0 Å². The fourth-order valence-electron chi connectivity index (χ4n) is 3.27. The standard InChI is InChI=1S/C26H26N2O2/c1-19(2)25(26(29)30-18-21-8-4-3-5-9-21)28-17-20-12-14-22(15-13-20)24-11-7-6-10-23(24)16-27/h3-15,19,25,28H,17-18H2,1-2H3. The molecule has 0 amide bonds. The molecule has 30 heavy (non-hydrogen) atoms. The molecule has 3 aromatic carbocycles. The van der Waals surface area contributed by atoms with E-state index < -0.39 is 0 Å². The molecule has 0 saturated heterocycles. The third-order valence-corrected chi connectivity index (χ3v) is 4.98. The van der Waals surface area contributed by atoms with Crippen molar-refractivity contribution in [3.05, 3.63) is 95.6 Å². The average molecular weight is 399 g/mol. The van der Waals surface area contributed by atoms with Gasteiger partial charge in [-0.15, -0.1) is 0 Å². The fourth-order valence-corrected chi connectivity index (χ4v) is 3.27. The van der Waals surface area contributed by atoms with Gasteiger partial charge in [0.1, 0.15) is 12.6 Å². The van der Waals surface area contributed by atoms with Gasteiger partial charge in [-0.3, -0.25) is 4.79 Å². The lowest BCUT2D eigenvalue weighted by atomic mass is 9.99. The van der Waals surface area contributed by atoms with Crippen LogP contribution in [0.5, 0.6) is 0 Å². The molecule has 1 atom stereocenters. The van der Waals surface area contributed by atoms with Crippen molar-refractivity contribution in [2.24, 2.45) is 5.92 Å². The van der Waals surface area contributed by atoms with Crippen LogP contribution in [0.25, 0.3) is 11.1 Å². The van der Waals surface area contributed by atoms with Crippen LogP contribution in [0.4, 0.5) is 0 Å². The zero-order valence-corrected chi connectivity index (χ0v) is 17.3. The van der Waals surface area contributed by atoms with Gasteiger partial charge in [0.05, 0.1) is 11.6 Å². The van der Waals surface area contributed by atoms with Crippen LogP contribution in [-0.2, 0) is 22.7 Å². The first-order valence-corrected chi connectivity index (χ1v) is 10.1. The van der Waals surface area contributed by atoms with Gasteiger partial charge >= 0.3 is 5.97 Å². The van der Waals surface area contributed by atoms with Crippen molar-refractivity contribution in [3.8, 4) is 17.2 Å². The van der Waals surface area contributed by atoms with Gasteiger partial charge in [-0.25, -0.2) is 0 Å². The number of rotatable bonds is 8. The highest BCUT2D eigenvalue weighted by Crippen LogP contribution is 2.23. The molecule has 3 aromatic rings. The Morgan fingerprint density at radius 3 is 2.27 bits per heavy atom. The van der Waals surface area contributed by atoms with Crippen LogP contribution in [0.1, 0.15) is 30.5 Å². The zero-order valence-electron chi connectivity index (χ0n) is 17.3. The third-order valence-electron chi connectivity index (χ3n) is 4.98. The van der Waals surface area contributed by atoms with Gasteiger partial charge in [-0.1, -0.05) is 86.6 Å². The zero-order chi connectivity index (χ0) is 21.3. The lowest BCUT2D eigenvalue weighted by Crippen LogP contribution is -2.41. The molecule has 0 spiro atoms. The van der Waals surface area contributed by atoms with E-state index in [1.165, 1.54) is 0 Å². The molecule has 4 heteroatoms. The Hall–Kier alpha value is -3.42. The number of nitrogens with zero attached hydrogens (tertiary/aromatic N) is 1. The largest absolute Gasteiger partial charge is 0.460 e. The van der Waals surface area contributed by atoms with Crippen LogP contribution >= 0.6 is 0 Å². The van der Waals surface area contributed by atoms with Gasteiger partial charge < -0.3 is 10.1 Å². The van der Waals surface area contributed by atoms with Crippen LogP contribution in [0.2, 0.25) is 0 Å². The first-order chi connectivity index (χ1) is 14.6. The SMILES string of the molecule is CC(C)C(NCc1ccc(-c2ccccc2C#N)cc1)C(=O)OCc1ccccc1. The van der Waals surface area contributed by atoms with E-state index >= 15 is 0 Å². The smallest absolute Gasteiger partial charge is 0.323 e. The topological polar surface area (TPSA) is 62.1 Å². The summed E-state index contributed by atoms with van der Waals surface area (Å²) in [5.74, 6) is -0.136. The quantitative estimate of drug-likeness (QED) is 0.537. The highest BCUT2D eigenvalue weighted by molar-refractivity contribution is 5.76. The van der Waals surface area contributed by atoms with E-state index in [1.54, 1.807) is 0 Å². The summed E-state index contributed by atoms with van der Waals surface area (Å²) in [5, 5.41) is 12.6. The highest BCUT2D eigenvalue weighted by atomic mass is 16.5. The maximum absolute atomic E-state index is 12.6. The van der Waals surface area contributed by atoms with Gasteiger partial charge in [0.25, 0.3) is 0 Å². The lowest BCUT2D eigenvalue weighted by Gasteiger charge is -2.21. The number of carbonyl (C=O) groups is 1. The predicted octanol–water partition coefficient (Wildman–Crippen LogP) is 5.08. The Morgan fingerprint density at radius 2 is 1.60 bits per heavy atom.